The van der Waals surface area contributed by atoms with Crippen molar-refractivity contribution < 1.29 is 13.0 Å². The molecule has 0 radical (unpaired) electrons. The quantitative estimate of drug-likeness (QED) is 0.280. The molecule has 6 nitrogen and oxygen atoms in total. The van der Waals surface area contributed by atoms with Crippen LogP contribution in [0.3, 0.4) is 0 Å². The Labute approximate surface area is 191 Å². The van der Waals surface area contributed by atoms with Crippen LogP contribution in [-0.4, -0.2) is 28.0 Å². The van der Waals surface area contributed by atoms with Gasteiger partial charge in [-0.05, 0) is 28.0 Å². The lowest BCUT2D eigenvalue weighted by Gasteiger charge is -2.09. The van der Waals surface area contributed by atoms with Gasteiger partial charge in [-0.2, -0.15) is 13.5 Å². The average Bonchev–Trinajstić information content (AvgIpc) is 3.32. The summed E-state index contributed by atoms with van der Waals surface area (Å²) in [4.78, 5) is 0.984. The molecular weight excluding hydrogens is 434 g/mol. The van der Waals surface area contributed by atoms with E-state index in [0.29, 0.717) is 11.3 Å². The predicted molar refractivity (Wildman–Crippen MR) is 129 cm³/mol. The molecule has 1 N–H and O–H groups in total. The maximum Gasteiger partial charge on any atom is 0.297 e. The van der Waals surface area contributed by atoms with E-state index in [2.05, 4.69) is 10.2 Å². The van der Waals surface area contributed by atoms with E-state index in [9.17, 15) is 13.0 Å². The van der Waals surface area contributed by atoms with Gasteiger partial charge in [0.25, 0.3) is 10.1 Å². The van der Waals surface area contributed by atoms with E-state index in [1.54, 1.807) is 36.5 Å². The van der Waals surface area contributed by atoms with Crippen LogP contribution in [0.25, 0.3) is 39.9 Å². The van der Waals surface area contributed by atoms with Crippen molar-refractivity contribution in [2.45, 2.75) is 4.90 Å². The van der Waals surface area contributed by atoms with Gasteiger partial charge >= 0.3 is 0 Å². The van der Waals surface area contributed by atoms with E-state index in [1.807, 2.05) is 72.8 Å². The summed E-state index contributed by atoms with van der Waals surface area (Å²) in [7, 11) is -4.56. The van der Waals surface area contributed by atoms with Crippen LogP contribution in [-0.2, 0) is 10.1 Å². The number of nitrogens with zero attached hydrogens (tertiary/aromatic N) is 3. The molecule has 0 aliphatic carbocycles. The molecule has 0 aliphatic rings. The largest absolute Gasteiger partial charge is 0.297 e. The van der Waals surface area contributed by atoms with Crippen molar-refractivity contribution in [1.29, 1.82) is 0 Å². The molecule has 7 heteroatoms. The maximum atomic E-state index is 12.4. The molecule has 33 heavy (non-hydrogen) atoms. The first-order valence-electron chi connectivity index (χ1n) is 10.3. The van der Waals surface area contributed by atoms with Gasteiger partial charge in [0.15, 0.2) is 0 Å². The molecule has 5 aromatic rings. The van der Waals surface area contributed by atoms with Gasteiger partial charge in [0.2, 0.25) is 0 Å². The summed E-state index contributed by atoms with van der Waals surface area (Å²) in [5.41, 5.74) is 2.88. The van der Waals surface area contributed by atoms with Crippen molar-refractivity contribution >= 4 is 33.0 Å². The Bertz CT molecular complexity index is 1580. The minimum absolute atomic E-state index is 0.166. The monoisotopic (exact) mass is 453 g/mol. The number of aromatic nitrogens is 3. The van der Waals surface area contributed by atoms with Crippen molar-refractivity contribution in [1.82, 2.24) is 15.0 Å². The number of hydrogen-bond donors (Lipinski definition) is 1. The fourth-order valence-electron chi connectivity index (χ4n) is 3.81. The molecule has 1 aromatic heterocycles. The highest BCUT2D eigenvalue weighted by Crippen LogP contribution is 2.29. The number of benzene rings is 4. The zero-order chi connectivity index (χ0) is 22.8. The zero-order valence-corrected chi connectivity index (χ0v) is 18.2. The fraction of sp³-hybridized carbons (Fsp3) is 0. The van der Waals surface area contributed by atoms with Gasteiger partial charge < -0.3 is 0 Å². The van der Waals surface area contributed by atoms with Gasteiger partial charge in [0.1, 0.15) is 16.3 Å². The van der Waals surface area contributed by atoms with Crippen LogP contribution in [0, 0.1) is 0 Å². The molecular formula is C26H19N3O3S. The molecule has 162 valence electrons. The van der Waals surface area contributed by atoms with Gasteiger partial charge in [-0.1, -0.05) is 97.1 Å². The second kappa shape index (κ2) is 8.46. The summed E-state index contributed by atoms with van der Waals surface area (Å²) in [5, 5.41) is 10.9. The number of rotatable bonds is 5. The smallest absolute Gasteiger partial charge is 0.282 e. The Hall–Kier alpha value is -4.07. The topological polar surface area (TPSA) is 85.1 Å². The third kappa shape index (κ3) is 4.19. The predicted octanol–water partition coefficient (Wildman–Crippen LogP) is 5.50. The lowest BCUT2D eigenvalue weighted by atomic mass is 10.0. The van der Waals surface area contributed by atoms with Crippen molar-refractivity contribution in [3.8, 4) is 16.9 Å². The molecule has 0 fully saturated rings. The molecule has 0 saturated carbocycles. The number of hydrogen-bond acceptors (Lipinski definition) is 4. The Morgan fingerprint density at radius 1 is 0.788 bits per heavy atom. The molecule has 1 heterocycles. The van der Waals surface area contributed by atoms with Crippen LogP contribution in [0.5, 0.6) is 0 Å². The van der Waals surface area contributed by atoms with Crippen LogP contribution in [0.2, 0.25) is 0 Å². The van der Waals surface area contributed by atoms with E-state index in [1.165, 1.54) is 4.80 Å². The second-order valence-corrected chi connectivity index (χ2v) is 8.82. The molecule has 0 unspecified atom stereocenters. The van der Waals surface area contributed by atoms with E-state index >= 15 is 0 Å². The van der Waals surface area contributed by atoms with Gasteiger partial charge in [-0.25, -0.2) is 0 Å². The molecule has 0 bridgehead atoms. The van der Waals surface area contributed by atoms with Crippen molar-refractivity contribution in [2.24, 2.45) is 0 Å². The average molecular weight is 454 g/mol. The van der Waals surface area contributed by atoms with Gasteiger partial charge in [0, 0.05) is 5.56 Å². The van der Waals surface area contributed by atoms with Crippen LogP contribution in [0.15, 0.2) is 102 Å². The van der Waals surface area contributed by atoms with E-state index in [0.717, 1.165) is 21.9 Å². The molecule has 0 aliphatic heterocycles. The first kappa shape index (κ1) is 20.8. The lowest BCUT2D eigenvalue weighted by Crippen LogP contribution is -2.10. The number of fused-ring (bicyclic) bond motifs is 1. The first-order chi connectivity index (χ1) is 16.0. The third-order valence-corrected chi connectivity index (χ3v) is 6.27. The van der Waals surface area contributed by atoms with E-state index < -0.39 is 10.1 Å². The third-order valence-electron chi connectivity index (χ3n) is 5.31. The second-order valence-electron chi connectivity index (χ2n) is 7.46. The molecule has 4 aromatic carbocycles. The van der Waals surface area contributed by atoms with Crippen LogP contribution in [0.4, 0.5) is 0 Å². The van der Waals surface area contributed by atoms with E-state index in [-0.39, 0.29) is 10.6 Å². The highest BCUT2D eigenvalue weighted by molar-refractivity contribution is 7.86. The SMILES string of the molecule is O=S(=O)(O)c1c(C=Cc2ccccc2)cccc1-n1ncc(-c2cccc3ccccc23)n1. The lowest BCUT2D eigenvalue weighted by molar-refractivity contribution is 0.481. The Kier molecular flexibility index (Phi) is 5.34. The zero-order valence-electron chi connectivity index (χ0n) is 17.4. The highest BCUT2D eigenvalue weighted by atomic mass is 32.2. The van der Waals surface area contributed by atoms with Crippen LogP contribution in [0.1, 0.15) is 11.1 Å². The Morgan fingerprint density at radius 3 is 2.33 bits per heavy atom. The minimum Gasteiger partial charge on any atom is -0.282 e. The first-order valence-corrected chi connectivity index (χ1v) is 11.7. The molecule has 0 amide bonds. The maximum absolute atomic E-state index is 12.4. The van der Waals surface area contributed by atoms with Crippen molar-refractivity contribution in [2.75, 3.05) is 0 Å². The summed E-state index contributed by atoms with van der Waals surface area (Å²) in [6.45, 7) is 0. The van der Waals surface area contributed by atoms with Crippen molar-refractivity contribution in [3.05, 3.63) is 108 Å². The van der Waals surface area contributed by atoms with Crippen molar-refractivity contribution in [3.63, 3.8) is 0 Å². The normalized spacial score (nSPS) is 11.9. The summed E-state index contributed by atoms with van der Waals surface area (Å²) >= 11 is 0. The summed E-state index contributed by atoms with van der Waals surface area (Å²) in [6, 6.07) is 28.2. The fourth-order valence-corrected chi connectivity index (χ4v) is 4.66. The van der Waals surface area contributed by atoms with Crippen LogP contribution < -0.4 is 0 Å². The van der Waals surface area contributed by atoms with E-state index in [4.69, 9.17) is 0 Å². The van der Waals surface area contributed by atoms with Crippen LogP contribution >= 0.6 is 0 Å². The summed E-state index contributed by atoms with van der Waals surface area (Å²) in [5.74, 6) is 0. The highest BCUT2D eigenvalue weighted by Gasteiger charge is 2.22. The molecule has 0 spiro atoms. The minimum atomic E-state index is -4.56. The Balaban J connectivity index is 1.62. The Morgan fingerprint density at radius 2 is 1.52 bits per heavy atom. The summed E-state index contributed by atoms with van der Waals surface area (Å²) < 4.78 is 34.8. The summed E-state index contributed by atoms with van der Waals surface area (Å²) in [6.07, 6.45) is 5.02. The standard InChI is InChI=1S/C26H19N3O3S/c30-33(31,32)26-21(17-16-19-8-2-1-3-9-19)12-7-15-25(26)29-27-18-24(28-29)23-14-6-11-20-10-4-5-13-22(20)23/h1-18H,(H,30,31,32). The van der Waals surface area contributed by atoms with Gasteiger partial charge in [-0.3, -0.25) is 4.55 Å². The molecule has 0 atom stereocenters. The van der Waals surface area contributed by atoms with Gasteiger partial charge in [-0.15, -0.1) is 9.90 Å². The molecule has 5 rings (SSSR count). The molecule has 0 saturated heterocycles. The van der Waals surface area contributed by atoms with Gasteiger partial charge in [0.05, 0.1) is 6.20 Å².